The van der Waals surface area contributed by atoms with Crippen LogP contribution in [0.5, 0.6) is 0 Å². The number of anilines is 1. The van der Waals surface area contributed by atoms with Crippen molar-refractivity contribution in [3.8, 4) is 5.40 Å². The summed E-state index contributed by atoms with van der Waals surface area (Å²) in [6.45, 7) is 0.267. The van der Waals surface area contributed by atoms with Gasteiger partial charge in [0.2, 0.25) is 5.91 Å². The molecule has 0 bridgehead atoms. The van der Waals surface area contributed by atoms with Crippen LogP contribution in [-0.2, 0) is 4.79 Å². The van der Waals surface area contributed by atoms with E-state index in [9.17, 15) is 9.90 Å². The molecular formula is C11H9ClN2O2S. The third-order valence-electron chi connectivity index (χ3n) is 2.48. The third kappa shape index (κ3) is 2.55. The van der Waals surface area contributed by atoms with Crippen molar-refractivity contribution >= 4 is 35.0 Å². The first-order valence-electron chi connectivity index (χ1n) is 4.95. The van der Waals surface area contributed by atoms with Crippen LogP contribution < -0.4 is 4.90 Å². The van der Waals surface area contributed by atoms with E-state index in [1.54, 1.807) is 18.2 Å². The zero-order valence-electron chi connectivity index (χ0n) is 8.76. The Hall–Kier alpha value is -1.22. The Morgan fingerprint density at radius 1 is 1.59 bits per heavy atom. The highest BCUT2D eigenvalue weighted by atomic mass is 35.5. The number of nitrogens with zero attached hydrogens (tertiary/aromatic N) is 2. The molecule has 1 atom stereocenters. The summed E-state index contributed by atoms with van der Waals surface area (Å²) in [6.07, 6.45) is -0.503. The molecule has 1 saturated heterocycles. The highest BCUT2D eigenvalue weighted by Crippen LogP contribution is 2.32. The van der Waals surface area contributed by atoms with Crippen molar-refractivity contribution in [2.75, 3.05) is 11.4 Å². The van der Waals surface area contributed by atoms with Crippen LogP contribution in [0.3, 0.4) is 0 Å². The topological polar surface area (TPSA) is 64.3 Å². The first-order valence-corrected chi connectivity index (χ1v) is 6.15. The Bertz CT molecular complexity index is 501. The Kier molecular flexibility index (Phi) is 3.57. The standard InChI is InChI=1S/C11H9ClN2O2S/c12-9-4-8(17-6-13)1-2-10(9)14-5-7(15)3-11(14)16/h1-2,4,7,15H,3,5H2. The maximum absolute atomic E-state index is 11.6. The van der Waals surface area contributed by atoms with Crippen molar-refractivity contribution in [2.24, 2.45) is 0 Å². The minimum atomic E-state index is -0.633. The van der Waals surface area contributed by atoms with Crippen molar-refractivity contribution in [2.45, 2.75) is 17.4 Å². The molecule has 0 spiro atoms. The quantitative estimate of drug-likeness (QED) is 0.658. The molecule has 2 rings (SSSR count). The molecule has 0 aromatic heterocycles. The Morgan fingerprint density at radius 2 is 2.35 bits per heavy atom. The molecule has 1 aliphatic heterocycles. The number of aliphatic hydroxyl groups excluding tert-OH is 1. The van der Waals surface area contributed by atoms with E-state index in [4.69, 9.17) is 16.9 Å². The van der Waals surface area contributed by atoms with E-state index in [2.05, 4.69) is 0 Å². The lowest BCUT2D eigenvalue weighted by Crippen LogP contribution is -2.25. The third-order valence-corrected chi connectivity index (χ3v) is 3.36. The molecule has 1 fully saturated rings. The highest BCUT2D eigenvalue weighted by Gasteiger charge is 2.30. The minimum absolute atomic E-state index is 0.130. The fourth-order valence-electron chi connectivity index (χ4n) is 1.74. The summed E-state index contributed by atoms with van der Waals surface area (Å²) in [6, 6.07) is 5.06. The summed E-state index contributed by atoms with van der Waals surface area (Å²) in [4.78, 5) is 13.8. The molecule has 0 aliphatic carbocycles. The number of rotatable bonds is 2. The summed E-state index contributed by atoms with van der Waals surface area (Å²) < 4.78 is 0. The van der Waals surface area contributed by atoms with Crippen LogP contribution in [-0.4, -0.2) is 23.7 Å². The lowest BCUT2D eigenvalue weighted by molar-refractivity contribution is -0.117. The fourth-order valence-corrected chi connectivity index (χ4v) is 2.51. The Morgan fingerprint density at radius 3 is 2.88 bits per heavy atom. The lowest BCUT2D eigenvalue weighted by Gasteiger charge is -2.17. The molecule has 88 valence electrons. The number of amides is 1. The molecule has 1 aliphatic rings. The van der Waals surface area contributed by atoms with E-state index >= 15 is 0 Å². The molecule has 1 heterocycles. The van der Waals surface area contributed by atoms with Gasteiger partial charge in [-0.3, -0.25) is 4.79 Å². The number of carbonyl (C=O) groups excluding carboxylic acids is 1. The molecule has 4 nitrogen and oxygen atoms in total. The number of benzene rings is 1. The average molecular weight is 269 g/mol. The zero-order chi connectivity index (χ0) is 12.4. The smallest absolute Gasteiger partial charge is 0.229 e. The van der Waals surface area contributed by atoms with E-state index in [0.717, 1.165) is 16.7 Å². The summed E-state index contributed by atoms with van der Waals surface area (Å²) in [7, 11) is 0. The number of hydrogen-bond donors (Lipinski definition) is 1. The van der Waals surface area contributed by atoms with Crippen LogP contribution in [0.4, 0.5) is 5.69 Å². The molecule has 6 heteroatoms. The normalized spacial score (nSPS) is 19.5. The van der Waals surface area contributed by atoms with Gasteiger partial charge in [0.25, 0.3) is 0 Å². The van der Waals surface area contributed by atoms with Gasteiger partial charge in [-0.25, -0.2) is 0 Å². The second kappa shape index (κ2) is 4.96. The molecule has 1 aromatic carbocycles. The molecule has 1 aromatic rings. The van der Waals surface area contributed by atoms with E-state index in [1.807, 2.05) is 5.40 Å². The number of β-amino-alcohol motifs (C(OH)–C–C–N with tert-alkyl or cyclic N) is 1. The molecule has 0 saturated carbocycles. The average Bonchev–Trinajstić information content (AvgIpc) is 2.58. The number of thioether (sulfide) groups is 1. The van der Waals surface area contributed by atoms with Gasteiger partial charge in [-0.15, -0.1) is 0 Å². The Balaban J connectivity index is 2.28. The van der Waals surface area contributed by atoms with Crippen molar-refractivity contribution in [1.29, 1.82) is 5.26 Å². The van der Waals surface area contributed by atoms with Crippen molar-refractivity contribution in [3.63, 3.8) is 0 Å². The second-order valence-corrected chi connectivity index (χ2v) is 4.93. The minimum Gasteiger partial charge on any atom is -0.391 e. The van der Waals surface area contributed by atoms with Crippen molar-refractivity contribution in [1.82, 2.24) is 0 Å². The van der Waals surface area contributed by atoms with E-state index in [0.29, 0.717) is 10.7 Å². The number of thiocyanates is 1. The predicted octanol–water partition coefficient (Wildman–Crippen LogP) is 2.01. The lowest BCUT2D eigenvalue weighted by atomic mass is 10.3. The van der Waals surface area contributed by atoms with Crippen LogP contribution in [0.1, 0.15) is 6.42 Å². The number of carbonyl (C=O) groups is 1. The molecule has 0 radical (unpaired) electrons. The summed E-state index contributed by atoms with van der Waals surface area (Å²) in [5.41, 5.74) is 0.579. The SMILES string of the molecule is N#CSc1ccc(N2CC(O)CC2=O)c(Cl)c1. The highest BCUT2D eigenvalue weighted by molar-refractivity contribution is 8.03. The first kappa shape index (κ1) is 12.2. The van der Waals surface area contributed by atoms with Crippen LogP contribution in [0.15, 0.2) is 23.1 Å². The van der Waals surface area contributed by atoms with Crippen LogP contribution >= 0.6 is 23.4 Å². The van der Waals surface area contributed by atoms with Crippen molar-refractivity contribution in [3.05, 3.63) is 23.2 Å². The fraction of sp³-hybridized carbons (Fsp3) is 0.273. The van der Waals surface area contributed by atoms with E-state index in [1.165, 1.54) is 4.90 Å². The van der Waals surface area contributed by atoms with Crippen molar-refractivity contribution < 1.29 is 9.90 Å². The zero-order valence-corrected chi connectivity index (χ0v) is 10.3. The van der Waals surface area contributed by atoms with E-state index < -0.39 is 6.10 Å². The van der Waals surface area contributed by atoms with Gasteiger partial charge in [-0.1, -0.05) is 11.6 Å². The van der Waals surface area contributed by atoms with Gasteiger partial charge in [0.1, 0.15) is 5.40 Å². The Labute approximate surface area is 108 Å². The monoisotopic (exact) mass is 268 g/mol. The largest absolute Gasteiger partial charge is 0.391 e. The molecular weight excluding hydrogens is 260 g/mol. The number of aliphatic hydroxyl groups is 1. The summed E-state index contributed by atoms with van der Waals surface area (Å²) in [5, 5.41) is 20.3. The van der Waals surface area contributed by atoms with Gasteiger partial charge in [-0.2, -0.15) is 5.26 Å². The first-order chi connectivity index (χ1) is 8.11. The molecule has 1 unspecified atom stereocenters. The van der Waals surface area contributed by atoms with Gasteiger partial charge in [0.05, 0.1) is 29.8 Å². The van der Waals surface area contributed by atoms with Gasteiger partial charge in [0.15, 0.2) is 0 Å². The number of nitriles is 1. The molecule has 1 N–H and O–H groups in total. The van der Waals surface area contributed by atoms with Gasteiger partial charge >= 0.3 is 0 Å². The van der Waals surface area contributed by atoms with E-state index in [-0.39, 0.29) is 18.9 Å². The van der Waals surface area contributed by atoms with Gasteiger partial charge in [0, 0.05) is 4.90 Å². The number of halogens is 1. The maximum Gasteiger partial charge on any atom is 0.229 e. The maximum atomic E-state index is 11.6. The molecule has 17 heavy (non-hydrogen) atoms. The molecule has 1 amide bonds. The van der Waals surface area contributed by atoms with Crippen LogP contribution in [0, 0.1) is 10.7 Å². The van der Waals surface area contributed by atoms with Gasteiger partial charge < -0.3 is 10.0 Å². The summed E-state index contributed by atoms with van der Waals surface area (Å²) in [5.74, 6) is -0.139. The summed E-state index contributed by atoms with van der Waals surface area (Å²) >= 11 is 7.07. The number of hydrogen-bond acceptors (Lipinski definition) is 4. The van der Waals surface area contributed by atoms with Crippen LogP contribution in [0.2, 0.25) is 5.02 Å². The second-order valence-electron chi connectivity index (χ2n) is 3.67. The van der Waals surface area contributed by atoms with Gasteiger partial charge in [-0.05, 0) is 30.0 Å². The van der Waals surface area contributed by atoms with Crippen LogP contribution in [0.25, 0.3) is 0 Å². The predicted molar refractivity (Wildman–Crippen MR) is 65.9 cm³/mol.